The summed E-state index contributed by atoms with van der Waals surface area (Å²) in [6.07, 6.45) is -0.0853. The molecule has 136 valence electrons. The Bertz CT molecular complexity index is 825. The largest absolute Gasteiger partial charge is 0.326 e. The minimum Gasteiger partial charge on any atom is -0.326 e. The van der Waals surface area contributed by atoms with Crippen molar-refractivity contribution in [2.75, 3.05) is 5.32 Å². The monoisotopic (exact) mass is 437 g/mol. The number of anilines is 1. The maximum Gasteiger partial charge on any atom is 0.269 e. The highest BCUT2D eigenvalue weighted by atomic mass is 79.9. The Morgan fingerprint density at radius 2 is 1.62 bits per heavy atom. The molecular formula is C18H17BrClN3O3. The fourth-order valence-corrected chi connectivity index (χ4v) is 2.48. The summed E-state index contributed by atoms with van der Waals surface area (Å²) in [6.45, 7) is 1.79. The van der Waals surface area contributed by atoms with Gasteiger partial charge in [0.25, 0.3) is 5.91 Å². The minimum absolute atomic E-state index is 0.0219. The molecule has 0 heterocycles. The summed E-state index contributed by atoms with van der Waals surface area (Å²) in [5.74, 6) is -1.22. The molecule has 0 unspecified atom stereocenters. The number of nitrogens with one attached hydrogen (secondary N) is 3. The Balaban J connectivity index is 1.76. The van der Waals surface area contributed by atoms with Gasteiger partial charge in [-0.3, -0.25) is 25.2 Å². The van der Waals surface area contributed by atoms with Gasteiger partial charge < -0.3 is 5.32 Å². The predicted octanol–water partition coefficient (Wildman–Crippen LogP) is 3.59. The van der Waals surface area contributed by atoms with Crippen molar-refractivity contribution in [1.29, 1.82) is 0 Å². The number of carbonyl (C=O) groups excluding carboxylic acids is 3. The predicted molar refractivity (Wildman–Crippen MR) is 104 cm³/mol. The summed E-state index contributed by atoms with van der Waals surface area (Å²) in [6, 6.07) is 11.9. The van der Waals surface area contributed by atoms with Crippen molar-refractivity contribution >= 4 is 50.9 Å². The number of carbonyl (C=O) groups is 3. The molecule has 0 aliphatic heterocycles. The van der Waals surface area contributed by atoms with E-state index in [1.165, 1.54) is 0 Å². The van der Waals surface area contributed by atoms with Gasteiger partial charge in [-0.15, -0.1) is 0 Å². The molecule has 6 nitrogen and oxygen atoms in total. The van der Waals surface area contributed by atoms with E-state index in [9.17, 15) is 14.4 Å². The molecule has 0 fully saturated rings. The van der Waals surface area contributed by atoms with E-state index in [1.807, 2.05) is 0 Å². The second kappa shape index (κ2) is 9.35. The molecule has 2 aromatic rings. The molecule has 0 saturated carbocycles. The molecule has 0 aromatic heterocycles. The fraction of sp³-hybridized carbons (Fsp3) is 0.167. The average molecular weight is 439 g/mol. The van der Waals surface area contributed by atoms with E-state index in [1.54, 1.807) is 49.4 Å². The van der Waals surface area contributed by atoms with Crippen molar-refractivity contribution in [3.8, 4) is 0 Å². The first-order valence-electron chi connectivity index (χ1n) is 7.76. The van der Waals surface area contributed by atoms with Crippen molar-refractivity contribution in [1.82, 2.24) is 10.9 Å². The van der Waals surface area contributed by atoms with E-state index in [-0.39, 0.29) is 18.7 Å². The van der Waals surface area contributed by atoms with Crippen molar-refractivity contribution in [3.63, 3.8) is 0 Å². The lowest BCUT2D eigenvalue weighted by Crippen LogP contribution is -2.41. The van der Waals surface area contributed by atoms with Crippen LogP contribution in [0.15, 0.2) is 46.9 Å². The third kappa shape index (κ3) is 5.86. The third-order valence-corrected chi connectivity index (χ3v) is 4.48. The Labute approximate surface area is 164 Å². The second-order valence-corrected chi connectivity index (χ2v) is 6.79. The molecule has 0 atom stereocenters. The number of hydrazine groups is 1. The van der Waals surface area contributed by atoms with Crippen LogP contribution in [0.2, 0.25) is 5.02 Å². The zero-order chi connectivity index (χ0) is 19.1. The topological polar surface area (TPSA) is 87.3 Å². The molecule has 2 rings (SSSR count). The van der Waals surface area contributed by atoms with E-state index in [4.69, 9.17) is 11.6 Å². The number of amides is 3. The molecule has 3 N–H and O–H groups in total. The Morgan fingerprint density at radius 3 is 2.31 bits per heavy atom. The molecule has 0 bridgehead atoms. The number of rotatable bonds is 5. The molecule has 0 aliphatic carbocycles. The molecule has 3 amide bonds. The number of benzene rings is 2. The van der Waals surface area contributed by atoms with Crippen LogP contribution in [-0.4, -0.2) is 17.7 Å². The van der Waals surface area contributed by atoms with Crippen LogP contribution in [0.5, 0.6) is 0 Å². The van der Waals surface area contributed by atoms with Gasteiger partial charge in [0.15, 0.2) is 0 Å². The summed E-state index contributed by atoms with van der Waals surface area (Å²) in [5.41, 5.74) is 6.36. The van der Waals surface area contributed by atoms with Gasteiger partial charge in [0.05, 0.1) is 0 Å². The van der Waals surface area contributed by atoms with Gasteiger partial charge in [0, 0.05) is 33.6 Å². The first kappa shape index (κ1) is 19.9. The molecule has 0 radical (unpaired) electrons. The second-order valence-electron chi connectivity index (χ2n) is 5.47. The van der Waals surface area contributed by atoms with Crippen molar-refractivity contribution in [2.24, 2.45) is 0 Å². The molecular weight excluding hydrogens is 422 g/mol. The van der Waals surface area contributed by atoms with Gasteiger partial charge >= 0.3 is 0 Å². The van der Waals surface area contributed by atoms with E-state index >= 15 is 0 Å². The summed E-state index contributed by atoms with van der Waals surface area (Å²) in [4.78, 5) is 35.6. The highest BCUT2D eigenvalue weighted by Crippen LogP contribution is 2.23. The zero-order valence-electron chi connectivity index (χ0n) is 13.9. The number of hydrogen-bond acceptors (Lipinski definition) is 3. The smallest absolute Gasteiger partial charge is 0.269 e. The van der Waals surface area contributed by atoms with Crippen LogP contribution in [-0.2, 0) is 9.59 Å². The van der Waals surface area contributed by atoms with Crippen LogP contribution >= 0.6 is 27.5 Å². The van der Waals surface area contributed by atoms with Crippen LogP contribution in [0.1, 0.15) is 28.8 Å². The zero-order valence-corrected chi connectivity index (χ0v) is 16.3. The van der Waals surface area contributed by atoms with E-state index < -0.39 is 11.8 Å². The maximum atomic E-state index is 11.9. The Morgan fingerprint density at radius 1 is 0.962 bits per heavy atom. The van der Waals surface area contributed by atoms with Crippen LogP contribution in [0, 0.1) is 6.92 Å². The van der Waals surface area contributed by atoms with Gasteiger partial charge in [0.1, 0.15) is 0 Å². The Kier molecular flexibility index (Phi) is 7.17. The number of hydrogen-bond donors (Lipinski definition) is 3. The lowest BCUT2D eigenvalue weighted by molar-refractivity contribution is -0.124. The summed E-state index contributed by atoms with van der Waals surface area (Å²) < 4.78 is 0.846. The van der Waals surface area contributed by atoms with Crippen LogP contribution in [0.4, 0.5) is 5.69 Å². The lowest BCUT2D eigenvalue weighted by Gasteiger charge is -2.10. The van der Waals surface area contributed by atoms with Gasteiger partial charge in [-0.25, -0.2) is 0 Å². The minimum atomic E-state index is -0.464. The van der Waals surface area contributed by atoms with E-state index in [0.717, 1.165) is 10.0 Å². The highest BCUT2D eigenvalue weighted by Gasteiger charge is 2.11. The first-order valence-corrected chi connectivity index (χ1v) is 8.93. The van der Waals surface area contributed by atoms with E-state index in [0.29, 0.717) is 16.3 Å². The molecule has 0 spiro atoms. The van der Waals surface area contributed by atoms with Crippen LogP contribution < -0.4 is 16.2 Å². The maximum absolute atomic E-state index is 11.9. The summed E-state index contributed by atoms with van der Waals surface area (Å²) >= 11 is 9.27. The molecule has 0 aliphatic rings. The quantitative estimate of drug-likeness (QED) is 0.624. The number of halogens is 2. The molecule has 26 heavy (non-hydrogen) atoms. The van der Waals surface area contributed by atoms with E-state index in [2.05, 4.69) is 32.1 Å². The fourth-order valence-electron chi connectivity index (χ4n) is 2.05. The normalized spacial score (nSPS) is 10.1. The SMILES string of the molecule is Cc1c(Cl)cccc1NC(=O)CCC(=O)NNC(=O)c1ccc(Br)cc1. The van der Waals surface area contributed by atoms with Crippen LogP contribution in [0.3, 0.4) is 0 Å². The lowest BCUT2D eigenvalue weighted by atomic mass is 10.2. The first-order chi connectivity index (χ1) is 12.4. The van der Waals surface area contributed by atoms with Crippen LogP contribution in [0.25, 0.3) is 0 Å². The molecule has 8 heteroatoms. The van der Waals surface area contributed by atoms with Gasteiger partial charge in [-0.1, -0.05) is 33.6 Å². The van der Waals surface area contributed by atoms with Gasteiger partial charge in [0.2, 0.25) is 11.8 Å². The van der Waals surface area contributed by atoms with Gasteiger partial charge in [-0.05, 0) is 48.9 Å². The molecule has 0 saturated heterocycles. The standard InChI is InChI=1S/C18H17BrClN3O3/c1-11-14(20)3-2-4-15(11)21-16(24)9-10-17(25)22-23-18(26)12-5-7-13(19)8-6-12/h2-8H,9-10H2,1H3,(H,21,24)(H,22,25)(H,23,26). The van der Waals surface area contributed by atoms with Crippen molar-refractivity contribution in [2.45, 2.75) is 19.8 Å². The van der Waals surface area contributed by atoms with Crippen molar-refractivity contribution < 1.29 is 14.4 Å². The van der Waals surface area contributed by atoms with Crippen molar-refractivity contribution in [3.05, 3.63) is 63.1 Å². The highest BCUT2D eigenvalue weighted by molar-refractivity contribution is 9.10. The Hall–Kier alpha value is -2.38. The molecule has 2 aromatic carbocycles. The summed E-state index contributed by atoms with van der Waals surface area (Å²) in [5, 5.41) is 3.26. The summed E-state index contributed by atoms with van der Waals surface area (Å²) in [7, 11) is 0. The third-order valence-electron chi connectivity index (χ3n) is 3.54. The average Bonchev–Trinajstić information content (AvgIpc) is 2.62. The van der Waals surface area contributed by atoms with Gasteiger partial charge in [-0.2, -0.15) is 0 Å².